The smallest absolute Gasteiger partial charge is 0.257 e. The highest BCUT2D eigenvalue weighted by molar-refractivity contribution is 5.95. The molecule has 27 heavy (non-hydrogen) atoms. The summed E-state index contributed by atoms with van der Waals surface area (Å²) in [5, 5.41) is 7.91. The van der Waals surface area contributed by atoms with Crippen LogP contribution in [0.4, 0.5) is 0 Å². The van der Waals surface area contributed by atoms with Crippen LogP contribution in [0.2, 0.25) is 0 Å². The lowest BCUT2D eigenvalue weighted by atomic mass is 10.1. The Balaban J connectivity index is 0.00000210. The molecule has 4 rings (SSSR count). The molecule has 0 radical (unpaired) electrons. The number of nitrogens with one attached hydrogen (secondary N) is 1. The van der Waals surface area contributed by atoms with Crippen molar-refractivity contribution in [2.45, 2.75) is 25.8 Å². The van der Waals surface area contributed by atoms with E-state index in [-0.39, 0.29) is 18.3 Å². The molecule has 2 aliphatic rings. The summed E-state index contributed by atoms with van der Waals surface area (Å²) in [6.45, 7) is 8.02. The number of halogens is 1. The third kappa shape index (κ3) is 4.03. The minimum absolute atomic E-state index is 0. The van der Waals surface area contributed by atoms with Crippen molar-refractivity contribution in [3.8, 4) is 5.69 Å². The average molecular weight is 390 g/mol. The van der Waals surface area contributed by atoms with Crippen molar-refractivity contribution < 1.29 is 4.79 Å². The van der Waals surface area contributed by atoms with Gasteiger partial charge in [-0.2, -0.15) is 5.10 Å². The molecule has 2 saturated heterocycles. The lowest BCUT2D eigenvalue weighted by molar-refractivity contribution is 0.0772. The van der Waals surface area contributed by atoms with E-state index in [1.165, 1.54) is 0 Å². The number of benzene rings is 1. The van der Waals surface area contributed by atoms with Crippen molar-refractivity contribution in [2.75, 3.05) is 39.3 Å². The molecule has 2 aliphatic heterocycles. The van der Waals surface area contributed by atoms with E-state index >= 15 is 0 Å². The number of rotatable bonds is 4. The minimum atomic E-state index is 0. The Bertz CT molecular complexity index is 757. The van der Waals surface area contributed by atoms with Crippen LogP contribution in [-0.2, 0) is 6.42 Å². The van der Waals surface area contributed by atoms with Gasteiger partial charge in [-0.3, -0.25) is 9.69 Å². The van der Waals surface area contributed by atoms with Gasteiger partial charge in [-0.05, 0) is 25.0 Å². The molecule has 1 N–H and O–H groups in total. The number of carbonyl (C=O) groups excluding carboxylic acids is 1. The van der Waals surface area contributed by atoms with Crippen molar-refractivity contribution >= 4 is 18.3 Å². The second kappa shape index (κ2) is 8.87. The van der Waals surface area contributed by atoms with Crippen LogP contribution in [0.15, 0.2) is 36.5 Å². The van der Waals surface area contributed by atoms with Crippen molar-refractivity contribution in [1.29, 1.82) is 0 Å². The van der Waals surface area contributed by atoms with Gasteiger partial charge in [0.05, 0.1) is 23.1 Å². The normalized spacial score (nSPS) is 20.5. The number of hydrogen-bond acceptors (Lipinski definition) is 4. The monoisotopic (exact) mass is 389 g/mol. The van der Waals surface area contributed by atoms with Gasteiger partial charge in [0.1, 0.15) is 0 Å². The number of nitrogens with zero attached hydrogens (tertiary/aromatic N) is 4. The largest absolute Gasteiger partial charge is 0.337 e. The number of likely N-dealkylation sites (tertiary alicyclic amines) is 1. The van der Waals surface area contributed by atoms with E-state index in [1.54, 1.807) is 6.20 Å². The van der Waals surface area contributed by atoms with E-state index in [9.17, 15) is 4.79 Å². The van der Waals surface area contributed by atoms with E-state index in [2.05, 4.69) is 22.2 Å². The lowest BCUT2D eigenvalue weighted by Gasteiger charge is -2.32. The molecule has 0 aliphatic carbocycles. The summed E-state index contributed by atoms with van der Waals surface area (Å²) in [6, 6.07) is 10.5. The molecule has 1 aromatic heterocycles. The second-order valence-electron chi connectivity index (χ2n) is 7.09. The molecule has 1 amide bonds. The van der Waals surface area contributed by atoms with Crippen LogP contribution < -0.4 is 5.32 Å². The molecular weight excluding hydrogens is 362 g/mol. The maximum absolute atomic E-state index is 13.1. The van der Waals surface area contributed by atoms with Crippen LogP contribution >= 0.6 is 12.4 Å². The number of piperazine rings is 1. The summed E-state index contributed by atoms with van der Waals surface area (Å²) in [5.41, 5.74) is 2.74. The molecule has 1 atom stereocenters. The Morgan fingerprint density at radius 3 is 2.63 bits per heavy atom. The van der Waals surface area contributed by atoms with Crippen molar-refractivity contribution in [1.82, 2.24) is 24.9 Å². The highest BCUT2D eigenvalue weighted by atomic mass is 35.5. The Morgan fingerprint density at radius 1 is 1.19 bits per heavy atom. The van der Waals surface area contributed by atoms with Crippen molar-refractivity contribution in [3.63, 3.8) is 0 Å². The molecule has 2 fully saturated rings. The zero-order chi connectivity index (χ0) is 17.9. The number of para-hydroxylation sites is 1. The Kier molecular flexibility index (Phi) is 6.52. The molecule has 7 heteroatoms. The zero-order valence-electron chi connectivity index (χ0n) is 15.8. The van der Waals surface area contributed by atoms with Gasteiger partial charge < -0.3 is 10.2 Å². The average Bonchev–Trinajstić information content (AvgIpc) is 3.36. The Hall–Kier alpha value is -1.89. The van der Waals surface area contributed by atoms with Crippen LogP contribution in [0.5, 0.6) is 0 Å². The summed E-state index contributed by atoms with van der Waals surface area (Å²) in [5.74, 6) is 0.127. The van der Waals surface area contributed by atoms with E-state index < -0.39 is 0 Å². The predicted octanol–water partition coefficient (Wildman–Crippen LogP) is 1.98. The van der Waals surface area contributed by atoms with Gasteiger partial charge in [0.25, 0.3) is 5.91 Å². The molecule has 6 nitrogen and oxygen atoms in total. The van der Waals surface area contributed by atoms with E-state index in [0.717, 1.165) is 69.1 Å². The third-order valence-electron chi connectivity index (χ3n) is 5.55. The molecule has 3 heterocycles. The fourth-order valence-electron chi connectivity index (χ4n) is 4.13. The standard InChI is InChI=1S/C20H27N5O.ClH/c1-2-19-18(14-22-25(19)16-6-4-3-5-7-16)20(26)24-11-8-17(15-24)23-12-9-21-10-13-23;/h3-7,14,17,21H,2,8-13,15H2,1H3;1H. The fourth-order valence-corrected chi connectivity index (χ4v) is 4.13. The maximum atomic E-state index is 13.1. The van der Waals surface area contributed by atoms with Crippen LogP contribution in [0.1, 0.15) is 29.4 Å². The minimum Gasteiger partial charge on any atom is -0.337 e. The van der Waals surface area contributed by atoms with Gasteiger partial charge in [-0.1, -0.05) is 25.1 Å². The molecule has 1 unspecified atom stereocenters. The van der Waals surface area contributed by atoms with E-state index in [4.69, 9.17) is 0 Å². The van der Waals surface area contributed by atoms with Gasteiger partial charge >= 0.3 is 0 Å². The van der Waals surface area contributed by atoms with Crippen LogP contribution in [0.25, 0.3) is 5.69 Å². The maximum Gasteiger partial charge on any atom is 0.257 e. The van der Waals surface area contributed by atoms with Gasteiger partial charge in [-0.15, -0.1) is 12.4 Å². The molecule has 1 aromatic carbocycles. The molecule has 0 saturated carbocycles. The van der Waals surface area contributed by atoms with Crippen molar-refractivity contribution in [2.24, 2.45) is 0 Å². The van der Waals surface area contributed by atoms with Gasteiger partial charge in [0.15, 0.2) is 0 Å². The Morgan fingerprint density at radius 2 is 1.93 bits per heavy atom. The highest BCUT2D eigenvalue weighted by Crippen LogP contribution is 2.22. The zero-order valence-corrected chi connectivity index (χ0v) is 16.6. The quantitative estimate of drug-likeness (QED) is 0.868. The van der Waals surface area contributed by atoms with E-state index in [1.807, 2.05) is 39.9 Å². The molecule has 146 valence electrons. The Labute approximate surface area is 166 Å². The summed E-state index contributed by atoms with van der Waals surface area (Å²) < 4.78 is 1.90. The van der Waals surface area contributed by atoms with Crippen LogP contribution in [0, 0.1) is 0 Å². The van der Waals surface area contributed by atoms with Crippen LogP contribution in [0.3, 0.4) is 0 Å². The first-order chi connectivity index (χ1) is 12.8. The van der Waals surface area contributed by atoms with E-state index in [0.29, 0.717) is 6.04 Å². The lowest BCUT2D eigenvalue weighted by Crippen LogP contribution is -2.49. The molecular formula is C20H28ClN5O. The first-order valence-corrected chi connectivity index (χ1v) is 9.64. The SMILES string of the molecule is CCc1c(C(=O)N2CCC(N3CCNCC3)C2)cnn1-c1ccccc1.Cl. The summed E-state index contributed by atoms with van der Waals surface area (Å²) in [4.78, 5) is 17.7. The first kappa shape index (κ1) is 19.9. The van der Waals surface area contributed by atoms with Crippen molar-refractivity contribution in [3.05, 3.63) is 47.8 Å². The van der Waals surface area contributed by atoms with Gasteiger partial charge in [0, 0.05) is 45.3 Å². The molecule has 0 spiro atoms. The topological polar surface area (TPSA) is 53.4 Å². The second-order valence-corrected chi connectivity index (χ2v) is 7.09. The number of carbonyl (C=O) groups is 1. The highest BCUT2D eigenvalue weighted by Gasteiger charge is 2.32. The summed E-state index contributed by atoms with van der Waals surface area (Å²) in [7, 11) is 0. The van der Waals surface area contributed by atoms with Gasteiger partial charge in [0.2, 0.25) is 0 Å². The number of amides is 1. The third-order valence-corrected chi connectivity index (χ3v) is 5.55. The van der Waals surface area contributed by atoms with Crippen LogP contribution in [-0.4, -0.2) is 70.8 Å². The molecule has 2 aromatic rings. The predicted molar refractivity (Wildman–Crippen MR) is 109 cm³/mol. The summed E-state index contributed by atoms with van der Waals surface area (Å²) >= 11 is 0. The number of hydrogen-bond donors (Lipinski definition) is 1. The summed E-state index contributed by atoms with van der Waals surface area (Å²) in [6.07, 6.45) is 3.59. The fraction of sp³-hybridized carbons (Fsp3) is 0.500. The molecule has 0 bridgehead atoms. The van der Waals surface area contributed by atoms with Gasteiger partial charge in [-0.25, -0.2) is 4.68 Å². The number of aromatic nitrogens is 2. The first-order valence-electron chi connectivity index (χ1n) is 9.64.